The van der Waals surface area contributed by atoms with E-state index in [2.05, 4.69) is 10.6 Å². The zero-order valence-corrected chi connectivity index (χ0v) is 10.9. The SMILES string of the molecule is O=C(NC1CC1)[C@H]1CNCC[C@@H]1c1cccc(O)c1. The van der Waals surface area contributed by atoms with Crippen LogP contribution in [-0.4, -0.2) is 30.1 Å². The molecule has 0 unspecified atom stereocenters. The predicted octanol–water partition coefficient (Wildman–Crippen LogP) is 1.36. The van der Waals surface area contributed by atoms with Crippen molar-refractivity contribution in [2.24, 2.45) is 5.92 Å². The number of amides is 1. The smallest absolute Gasteiger partial charge is 0.225 e. The number of phenolic OH excluding ortho intramolecular Hbond substituents is 1. The minimum absolute atomic E-state index is 0.0313. The van der Waals surface area contributed by atoms with Crippen LogP contribution in [0.4, 0.5) is 0 Å². The Bertz CT molecular complexity index is 471. The molecule has 1 aromatic rings. The fraction of sp³-hybridized carbons (Fsp3) is 0.533. The molecule has 0 radical (unpaired) electrons. The van der Waals surface area contributed by atoms with Crippen LogP contribution in [0.5, 0.6) is 5.75 Å². The molecule has 1 saturated heterocycles. The van der Waals surface area contributed by atoms with E-state index in [1.54, 1.807) is 12.1 Å². The molecule has 2 aliphatic rings. The number of phenols is 1. The van der Waals surface area contributed by atoms with Crippen LogP contribution in [0.2, 0.25) is 0 Å². The summed E-state index contributed by atoms with van der Waals surface area (Å²) < 4.78 is 0. The maximum absolute atomic E-state index is 12.3. The maximum atomic E-state index is 12.3. The number of benzene rings is 1. The summed E-state index contributed by atoms with van der Waals surface area (Å²) in [6.45, 7) is 1.65. The van der Waals surface area contributed by atoms with Crippen molar-refractivity contribution in [3.8, 4) is 5.75 Å². The molecule has 4 heteroatoms. The summed E-state index contributed by atoms with van der Waals surface area (Å²) in [4.78, 5) is 12.3. The lowest BCUT2D eigenvalue weighted by atomic mass is 9.80. The molecule has 0 spiro atoms. The number of piperidine rings is 1. The van der Waals surface area contributed by atoms with Gasteiger partial charge in [0.1, 0.15) is 5.75 Å². The highest BCUT2D eigenvalue weighted by molar-refractivity contribution is 5.80. The molecule has 3 N–H and O–H groups in total. The molecule has 1 aromatic carbocycles. The van der Waals surface area contributed by atoms with Crippen molar-refractivity contribution in [2.75, 3.05) is 13.1 Å². The van der Waals surface area contributed by atoms with Crippen LogP contribution in [-0.2, 0) is 4.79 Å². The van der Waals surface area contributed by atoms with Crippen molar-refractivity contribution < 1.29 is 9.90 Å². The number of hydrogen-bond acceptors (Lipinski definition) is 3. The second-order valence-corrected chi connectivity index (χ2v) is 5.58. The minimum atomic E-state index is -0.0313. The third kappa shape index (κ3) is 2.89. The van der Waals surface area contributed by atoms with Gasteiger partial charge >= 0.3 is 0 Å². The van der Waals surface area contributed by atoms with Crippen molar-refractivity contribution in [3.63, 3.8) is 0 Å². The lowest BCUT2D eigenvalue weighted by Crippen LogP contribution is -2.45. The Kier molecular flexibility index (Phi) is 3.42. The van der Waals surface area contributed by atoms with E-state index in [1.807, 2.05) is 12.1 Å². The third-order valence-electron chi connectivity index (χ3n) is 4.04. The van der Waals surface area contributed by atoms with Gasteiger partial charge in [0, 0.05) is 12.6 Å². The molecule has 1 amide bonds. The van der Waals surface area contributed by atoms with Gasteiger partial charge in [0.15, 0.2) is 0 Å². The number of carbonyl (C=O) groups is 1. The first-order chi connectivity index (χ1) is 9.24. The monoisotopic (exact) mass is 260 g/mol. The Hall–Kier alpha value is -1.55. The highest BCUT2D eigenvalue weighted by Crippen LogP contribution is 2.32. The third-order valence-corrected chi connectivity index (χ3v) is 4.04. The van der Waals surface area contributed by atoms with Crippen LogP contribution in [0, 0.1) is 5.92 Å². The number of aromatic hydroxyl groups is 1. The quantitative estimate of drug-likeness (QED) is 0.769. The van der Waals surface area contributed by atoms with E-state index in [0.717, 1.165) is 37.9 Å². The fourth-order valence-electron chi connectivity index (χ4n) is 2.82. The summed E-state index contributed by atoms with van der Waals surface area (Å²) in [7, 11) is 0. The predicted molar refractivity (Wildman–Crippen MR) is 73.0 cm³/mol. The Morgan fingerprint density at radius 3 is 2.89 bits per heavy atom. The van der Waals surface area contributed by atoms with E-state index < -0.39 is 0 Å². The minimum Gasteiger partial charge on any atom is -0.508 e. The van der Waals surface area contributed by atoms with Gasteiger partial charge in [-0.15, -0.1) is 0 Å². The van der Waals surface area contributed by atoms with Crippen molar-refractivity contribution in [3.05, 3.63) is 29.8 Å². The average molecular weight is 260 g/mol. The molecular formula is C15H20N2O2. The lowest BCUT2D eigenvalue weighted by Gasteiger charge is -2.31. The highest BCUT2D eigenvalue weighted by atomic mass is 16.3. The van der Waals surface area contributed by atoms with Gasteiger partial charge in [-0.05, 0) is 49.4 Å². The normalized spacial score (nSPS) is 26.9. The summed E-state index contributed by atoms with van der Waals surface area (Å²) in [5.74, 6) is 0.601. The maximum Gasteiger partial charge on any atom is 0.225 e. The van der Waals surface area contributed by atoms with Gasteiger partial charge in [-0.2, -0.15) is 0 Å². The standard InChI is InChI=1S/C15H20N2O2/c18-12-3-1-2-10(8-12)13-6-7-16-9-14(13)15(19)17-11-4-5-11/h1-3,8,11,13-14,16,18H,4-7,9H2,(H,17,19)/t13-,14+/m1/s1. The number of carbonyl (C=O) groups excluding carboxylic acids is 1. The van der Waals surface area contributed by atoms with Crippen molar-refractivity contribution in [1.82, 2.24) is 10.6 Å². The summed E-state index contributed by atoms with van der Waals surface area (Å²) in [6.07, 6.45) is 3.16. The summed E-state index contributed by atoms with van der Waals surface area (Å²) in [5.41, 5.74) is 1.07. The van der Waals surface area contributed by atoms with E-state index in [-0.39, 0.29) is 23.5 Å². The zero-order valence-electron chi connectivity index (χ0n) is 10.9. The van der Waals surface area contributed by atoms with Crippen molar-refractivity contribution >= 4 is 5.91 Å². The zero-order chi connectivity index (χ0) is 13.2. The Morgan fingerprint density at radius 2 is 2.16 bits per heavy atom. The summed E-state index contributed by atoms with van der Waals surface area (Å²) >= 11 is 0. The Balaban J connectivity index is 1.77. The molecule has 102 valence electrons. The van der Waals surface area contributed by atoms with Gasteiger partial charge in [-0.25, -0.2) is 0 Å². The highest BCUT2D eigenvalue weighted by Gasteiger charge is 2.34. The first kappa shape index (κ1) is 12.5. The molecule has 1 aliphatic heterocycles. The van der Waals surface area contributed by atoms with E-state index in [4.69, 9.17) is 0 Å². The molecule has 1 heterocycles. The van der Waals surface area contributed by atoms with E-state index >= 15 is 0 Å². The molecule has 4 nitrogen and oxygen atoms in total. The van der Waals surface area contributed by atoms with Crippen LogP contribution in [0.1, 0.15) is 30.7 Å². The molecule has 2 atom stereocenters. The fourth-order valence-corrected chi connectivity index (χ4v) is 2.82. The Labute approximate surface area is 113 Å². The Morgan fingerprint density at radius 1 is 1.32 bits per heavy atom. The van der Waals surface area contributed by atoms with Gasteiger partial charge in [0.25, 0.3) is 0 Å². The molecule has 3 rings (SSSR count). The molecule has 0 bridgehead atoms. The molecule has 2 fully saturated rings. The van der Waals surface area contributed by atoms with E-state index in [9.17, 15) is 9.90 Å². The summed E-state index contributed by atoms with van der Waals surface area (Å²) in [6, 6.07) is 7.71. The molecule has 1 saturated carbocycles. The number of hydrogen-bond donors (Lipinski definition) is 3. The van der Waals surface area contributed by atoms with E-state index in [1.165, 1.54) is 0 Å². The molecular weight excluding hydrogens is 240 g/mol. The van der Waals surface area contributed by atoms with Crippen LogP contribution in [0.15, 0.2) is 24.3 Å². The second-order valence-electron chi connectivity index (χ2n) is 5.58. The average Bonchev–Trinajstić information content (AvgIpc) is 3.23. The van der Waals surface area contributed by atoms with Crippen LogP contribution >= 0.6 is 0 Å². The topological polar surface area (TPSA) is 61.4 Å². The van der Waals surface area contributed by atoms with Gasteiger partial charge in [0.05, 0.1) is 5.92 Å². The van der Waals surface area contributed by atoms with Crippen molar-refractivity contribution in [1.29, 1.82) is 0 Å². The van der Waals surface area contributed by atoms with E-state index in [0.29, 0.717) is 6.04 Å². The molecule has 19 heavy (non-hydrogen) atoms. The first-order valence-electron chi connectivity index (χ1n) is 7.04. The van der Waals surface area contributed by atoms with Gasteiger partial charge in [-0.1, -0.05) is 12.1 Å². The van der Waals surface area contributed by atoms with Gasteiger partial charge in [0.2, 0.25) is 5.91 Å². The largest absolute Gasteiger partial charge is 0.508 e. The van der Waals surface area contributed by atoms with Crippen LogP contribution in [0.3, 0.4) is 0 Å². The van der Waals surface area contributed by atoms with Crippen LogP contribution < -0.4 is 10.6 Å². The summed E-state index contributed by atoms with van der Waals surface area (Å²) in [5, 5.41) is 16.0. The molecule has 0 aromatic heterocycles. The molecule has 1 aliphatic carbocycles. The number of rotatable bonds is 3. The lowest BCUT2D eigenvalue weighted by molar-refractivity contribution is -0.126. The van der Waals surface area contributed by atoms with Gasteiger partial charge < -0.3 is 15.7 Å². The number of nitrogens with one attached hydrogen (secondary N) is 2. The van der Waals surface area contributed by atoms with Gasteiger partial charge in [-0.3, -0.25) is 4.79 Å². The second kappa shape index (κ2) is 5.21. The van der Waals surface area contributed by atoms with Crippen molar-refractivity contribution in [2.45, 2.75) is 31.2 Å². The first-order valence-corrected chi connectivity index (χ1v) is 7.04. The van der Waals surface area contributed by atoms with Crippen LogP contribution in [0.25, 0.3) is 0 Å².